The van der Waals surface area contributed by atoms with E-state index in [4.69, 9.17) is 0 Å². The van der Waals surface area contributed by atoms with E-state index in [-0.39, 0.29) is 24.5 Å². The lowest BCUT2D eigenvalue weighted by molar-refractivity contribution is -0.183. The van der Waals surface area contributed by atoms with Gasteiger partial charge in [-0.15, -0.1) is 0 Å². The van der Waals surface area contributed by atoms with Gasteiger partial charge in [0.1, 0.15) is 17.6 Å². The third kappa shape index (κ3) is 3.29. The maximum Gasteiger partial charge on any atom is 0.408 e. The van der Waals surface area contributed by atoms with E-state index in [2.05, 4.69) is 4.98 Å². The van der Waals surface area contributed by atoms with Gasteiger partial charge in [0.25, 0.3) is 5.91 Å². The first kappa shape index (κ1) is 16.5. The summed E-state index contributed by atoms with van der Waals surface area (Å²) in [5.74, 6) is -1.04. The Hall–Kier alpha value is -2.31. The Kier molecular flexibility index (Phi) is 4.34. The highest BCUT2D eigenvalue weighted by Gasteiger charge is 2.46. The summed E-state index contributed by atoms with van der Waals surface area (Å²) in [7, 11) is 0. The van der Waals surface area contributed by atoms with Gasteiger partial charge in [0, 0.05) is 12.7 Å². The van der Waals surface area contributed by atoms with Crippen LogP contribution in [0.2, 0.25) is 0 Å². The normalized spacial score (nSPS) is 18.7. The van der Waals surface area contributed by atoms with Crippen LogP contribution < -0.4 is 0 Å². The Morgan fingerprint density at radius 3 is 2.50 bits per heavy atom. The Morgan fingerprint density at radius 1 is 1.12 bits per heavy atom. The summed E-state index contributed by atoms with van der Waals surface area (Å²) in [4.78, 5) is 16.1. The van der Waals surface area contributed by atoms with Crippen molar-refractivity contribution >= 4 is 5.91 Å². The first-order chi connectivity index (χ1) is 11.4. The van der Waals surface area contributed by atoms with Crippen LogP contribution in [0.25, 0.3) is 11.1 Å². The number of piperidine rings is 1. The fraction of sp³-hybridized carbons (Fsp3) is 0.353. The fourth-order valence-electron chi connectivity index (χ4n) is 3.00. The molecule has 1 aliphatic rings. The lowest BCUT2D eigenvalue weighted by Gasteiger charge is -2.36. The second-order valence-corrected chi connectivity index (χ2v) is 5.86. The van der Waals surface area contributed by atoms with Crippen LogP contribution >= 0.6 is 0 Å². The third-order valence-corrected chi connectivity index (χ3v) is 4.23. The number of aromatic amines is 1. The van der Waals surface area contributed by atoms with Gasteiger partial charge in [-0.2, -0.15) is 13.2 Å². The first-order valence-electron chi connectivity index (χ1n) is 7.68. The van der Waals surface area contributed by atoms with Crippen LogP contribution in [0.1, 0.15) is 29.8 Å². The molecular formula is C17H16F4N2O. The van der Waals surface area contributed by atoms with Crippen molar-refractivity contribution in [3.05, 3.63) is 48.0 Å². The van der Waals surface area contributed by atoms with E-state index < -0.39 is 18.1 Å². The number of H-pyrrole nitrogens is 1. The van der Waals surface area contributed by atoms with Crippen LogP contribution in [-0.4, -0.2) is 34.6 Å². The number of hydrogen-bond donors (Lipinski definition) is 1. The van der Waals surface area contributed by atoms with Crippen LogP contribution in [0.4, 0.5) is 17.6 Å². The van der Waals surface area contributed by atoms with Crippen LogP contribution in [0.3, 0.4) is 0 Å². The molecule has 1 amide bonds. The molecule has 1 atom stereocenters. The number of carbonyl (C=O) groups excluding carboxylic acids is 1. The smallest absolute Gasteiger partial charge is 0.357 e. The fourth-order valence-corrected chi connectivity index (χ4v) is 3.00. The van der Waals surface area contributed by atoms with Crippen molar-refractivity contribution < 1.29 is 22.4 Å². The first-order valence-corrected chi connectivity index (χ1v) is 7.68. The zero-order valence-corrected chi connectivity index (χ0v) is 12.7. The number of rotatable bonds is 2. The second-order valence-electron chi connectivity index (χ2n) is 5.86. The number of nitrogens with one attached hydrogen (secondary N) is 1. The molecule has 3 nitrogen and oxygen atoms in total. The van der Waals surface area contributed by atoms with Gasteiger partial charge >= 0.3 is 6.18 Å². The Balaban J connectivity index is 1.83. The van der Waals surface area contributed by atoms with E-state index in [0.29, 0.717) is 24.0 Å². The molecule has 0 bridgehead atoms. The molecule has 128 valence electrons. The molecule has 1 aromatic carbocycles. The van der Waals surface area contributed by atoms with Crippen molar-refractivity contribution in [1.29, 1.82) is 0 Å². The van der Waals surface area contributed by atoms with Crippen molar-refractivity contribution in [1.82, 2.24) is 9.88 Å². The topological polar surface area (TPSA) is 36.1 Å². The molecule has 2 aromatic rings. The summed E-state index contributed by atoms with van der Waals surface area (Å²) < 4.78 is 52.4. The molecule has 24 heavy (non-hydrogen) atoms. The van der Waals surface area contributed by atoms with Crippen molar-refractivity contribution in [2.45, 2.75) is 31.5 Å². The van der Waals surface area contributed by atoms with Crippen LogP contribution in [0.15, 0.2) is 36.5 Å². The number of likely N-dealkylation sites (tertiary alicyclic amines) is 1. The number of carbonyl (C=O) groups is 1. The van der Waals surface area contributed by atoms with E-state index in [0.717, 1.165) is 4.90 Å². The molecule has 1 saturated heterocycles. The average molecular weight is 340 g/mol. The second kappa shape index (κ2) is 6.30. The van der Waals surface area contributed by atoms with Crippen LogP contribution in [0, 0.1) is 5.82 Å². The number of amides is 1. The van der Waals surface area contributed by atoms with E-state index >= 15 is 0 Å². The standard InChI is InChI=1S/C17H16F4N2O/c18-13-6-4-11(5-7-13)12-9-14(22-10-12)16(24)23-8-2-1-3-15(23)17(19,20)21/h4-7,9-10,15,22H,1-3,8H2. The molecule has 1 N–H and O–H groups in total. The maximum atomic E-state index is 13.1. The highest BCUT2D eigenvalue weighted by Crippen LogP contribution is 2.33. The summed E-state index contributed by atoms with van der Waals surface area (Å²) in [6, 6.07) is 5.43. The Bertz CT molecular complexity index is 721. The van der Waals surface area contributed by atoms with Gasteiger partial charge in [0.05, 0.1) is 0 Å². The molecule has 1 aliphatic heterocycles. The number of benzene rings is 1. The summed E-state index contributed by atoms with van der Waals surface area (Å²) in [5.41, 5.74) is 1.40. The van der Waals surface area contributed by atoms with E-state index in [1.807, 2.05) is 0 Å². The van der Waals surface area contributed by atoms with Crippen molar-refractivity contribution in [3.8, 4) is 11.1 Å². The van der Waals surface area contributed by atoms with Gasteiger partial charge in [-0.25, -0.2) is 4.39 Å². The maximum absolute atomic E-state index is 13.1. The Morgan fingerprint density at radius 2 is 1.83 bits per heavy atom. The van der Waals surface area contributed by atoms with Gasteiger partial charge < -0.3 is 9.88 Å². The predicted octanol–water partition coefficient (Wildman–Crippen LogP) is 4.38. The molecule has 0 spiro atoms. The zero-order chi connectivity index (χ0) is 17.3. The number of halogens is 4. The van der Waals surface area contributed by atoms with Crippen LogP contribution in [0.5, 0.6) is 0 Å². The molecule has 0 aliphatic carbocycles. The number of hydrogen-bond acceptors (Lipinski definition) is 1. The summed E-state index contributed by atoms with van der Waals surface area (Å²) in [6.07, 6.45) is -1.94. The number of aromatic nitrogens is 1. The molecule has 2 heterocycles. The molecular weight excluding hydrogens is 324 g/mol. The minimum absolute atomic E-state index is 0.0687. The summed E-state index contributed by atoms with van der Waals surface area (Å²) in [6.45, 7) is 0.0912. The predicted molar refractivity (Wildman–Crippen MR) is 80.9 cm³/mol. The van der Waals surface area contributed by atoms with Crippen molar-refractivity contribution in [2.24, 2.45) is 0 Å². The number of nitrogens with zero attached hydrogens (tertiary/aromatic N) is 1. The van der Waals surface area contributed by atoms with E-state index in [1.165, 1.54) is 24.4 Å². The monoisotopic (exact) mass is 340 g/mol. The molecule has 0 saturated carbocycles. The van der Waals surface area contributed by atoms with Gasteiger partial charge in [0.2, 0.25) is 0 Å². The van der Waals surface area contributed by atoms with E-state index in [9.17, 15) is 22.4 Å². The van der Waals surface area contributed by atoms with Crippen molar-refractivity contribution in [3.63, 3.8) is 0 Å². The lowest BCUT2D eigenvalue weighted by atomic mass is 10.0. The zero-order valence-electron chi connectivity index (χ0n) is 12.7. The Labute approximate surface area is 136 Å². The highest BCUT2D eigenvalue weighted by atomic mass is 19.4. The van der Waals surface area contributed by atoms with Crippen LogP contribution in [-0.2, 0) is 0 Å². The molecule has 7 heteroatoms. The lowest BCUT2D eigenvalue weighted by Crippen LogP contribution is -2.51. The SMILES string of the molecule is O=C(c1cc(-c2ccc(F)cc2)c[nH]1)N1CCCCC1C(F)(F)F. The molecule has 3 rings (SSSR count). The van der Waals surface area contributed by atoms with Gasteiger partial charge in [-0.3, -0.25) is 4.79 Å². The van der Waals surface area contributed by atoms with Gasteiger partial charge in [-0.1, -0.05) is 12.1 Å². The quantitative estimate of drug-likeness (QED) is 0.810. The molecule has 1 unspecified atom stereocenters. The summed E-state index contributed by atoms with van der Waals surface area (Å²) in [5, 5.41) is 0. The molecule has 1 aromatic heterocycles. The summed E-state index contributed by atoms with van der Waals surface area (Å²) >= 11 is 0. The largest absolute Gasteiger partial charge is 0.408 e. The molecule has 0 radical (unpaired) electrons. The third-order valence-electron chi connectivity index (χ3n) is 4.23. The highest BCUT2D eigenvalue weighted by molar-refractivity contribution is 5.94. The van der Waals surface area contributed by atoms with Gasteiger partial charge in [0.15, 0.2) is 0 Å². The van der Waals surface area contributed by atoms with E-state index in [1.54, 1.807) is 12.1 Å². The minimum atomic E-state index is -4.43. The number of alkyl halides is 3. The molecule has 1 fully saturated rings. The van der Waals surface area contributed by atoms with Crippen molar-refractivity contribution in [2.75, 3.05) is 6.54 Å². The minimum Gasteiger partial charge on any atom is -0.357 e. The average Bonchev–Trinajstić information content (AvgIpc) is 3.04. The van der Waals surface area contributed by atoms with Gasteiger partial charge in [-0.05, 0) is 48.6 Å².